The average molecular weight is 423 g/mol. The largest absolute Gasteiger partial charge is 0.360 e. The number of fused-ring (bicyclic) bond motifs is 2. The number of aryl methyl sites for hydroxylation is 2. The van der Waals surface area contributed by atoms with E-state index in [1.807, 2.05) is 37.8 Å². The SMILES string of the molecule is Cc1cc(C(C(=O)N2CCCC2C2=NC3(CCCc4ccccc43)ON2)C(C)C)on1. The van der Waals surface area contributed by atoms with E-state index in [0.717, 1.165) is 49.2 Å². The number of nitrogens with one attached hydrogen (secondary N) is 1. The number of carbonyl (C=O) groups is 1. The molecule has 1 N–H and O–H groups in total. The highest BCUT2D eigenvalue weighted by Crippen LogP contribution is 2.42. The van der Waals surface area contributed by atoms with E-state index in [9.17, 15) is 4.79 Å². The second-order valence-electron chi connectivity index (χ2n) is 9.28. The zero-order valence-electron chi connectivity index (χ0n) is 18.4. The van der Waals surface area contributed by atoms with Crippen LogP contribution in [0.3, 0.4) is 0 Å². The fourth-order valence-corrected chi connectivity index (χ4v) is 5.27. The predicted octanol–water partition coefficient (Wildman–Crippen LogP) is 3.84. The van der Waals surface area contributed by atoms with Crippen molar-refractivity contribution >= 4 is 11.7 Å². The summed E-state index contributed by atoms with van der Waals surface area (Å²) in [5, 5.41) is 4.00. The number of hydroxylamine groups is 1. The number of amides is 1. The van der Waals surface area contributed by atoms with Crippen LogP contribution in [0, 0.1) is 12.8 Å². The van der Waals surface area contributed by atoms with Crippen LogP contribution in [-0.4, -0.2) is 34.4 Å². The Bertz CT molecular complexity index is 1010. The molecule has 7 nitrogen and oxygen atoms in total. The summed E-state index contributed by atoms with van der Waals surface area (Å²) in [6, 6.07) is 10.1. The average Bonchev–Trinajstić information content (AvgIpc) is 3.49. The Labute approximate surface area is 182 Å². The highest BCUT2D eigenvalue weighted by atomic mass is 16.7. The normalized spacial score (nSPS) is 26.1. The monoisotopic (exact) mass is 422 g/mol. The number of hydrogen-bond donors (Lipinski definition) is 1. The van der Waals surface area contributed by atoms with Crippen LogP contribution in [-0.2, 0) is 21.8 Å². The van der Waals surface area contributed by atoms with Gasteiger partial charge in [0.1, 0.15) is 17.5 Å². The Kier molecular flexibility index (Phi) is 5.08. The molecule has 1 amide bonds. The predicted molar refractivity (Wildman–Crippen MR) is 116 cm³/mol. The number of amidine groups is 1. The molecule has 3 aliphatic rings. The van der Waals surface area contributed by atoms with Gasteiger partial charge in [-0.3, -0.25) is 4.79 Å². The van der Waals surface area contributed by atoms with Gasteiger partial charge in [0.25, 0.3) is 0 Å². The first-order chi connectivity index (χ1) is 15.0. The van der Waals surface area contributed by atoms with Gasteiger partial charge in [-0.15, -0.1) is 0 Å². The Hall–Kier alpha value is -2.67. The van der Waals surface area contributed by atoms with Crippen LogP contribution in [0.1, 0.15) is 68.0 Å². The quantitative estimate of drug-likeness (QED) is 0.810. The Balaban J connectivity index is 1.44. The third kappa shape index (κ3) is 3.45. The van der Waals surface area contributed by atoms with Crippen LogP contribution < -0.4 is 5.48 Å². The van der Waals surface area contributed by atoms with E-state index in [4.69, 9.17) is 14.4 Å². The standard InChI is InChI=1S/C24H30N4O3/c1-15(2)21(20-14-16(3)26-30-20)23(29)28-13-7-11-19(28)22-25-24(31-27-22)12-6-9-17-8-4-5-10-18(17)24/h4-5,8,10,14-15,19,21H,6-7,9,11-13H2,1-3H3,(H,25,27). The minimum absolute atomic E-state index is 0.0724. The highest BCUT2D eigenvalue weighted by Gasteiger charge is 2.46. The van der Waals surface area contributed by atoms with Crippen molar-refractivity contribution < 1.29 is 14.2 Å². The molecule has 0 radical (unpaired) electrons. The molecule has 7 heteroatoms. The molecule has 1 aromatic carbocycles. The van der Waals surface area contributed by atoms with Crippen molar-refractivity contribution in [2.75, 3.05) is 6.54 Å². The molecule has 0 saturated carbocycles. The maximum absolute atomic E-state index is 13.6. The Morgan fingerprint density at radius 3 is 2.90 bits per heavy atom. The number of nitrogens with zero attached hydrogens (tertiary/aromatic N) is 3. The second kappa shape index (κ2) is 7.79. The second-order valence-corrected chi connectivity index (χ2v) is 9.28. The maximum atomic E-state index is 13.6. The number of benzene rings is 1. The van der Waals surface area contributed by atoms with Crippen LogP contribution in [0.5, 0.6) is 0 Å². The van der Waals surface area contributed by atoms with E-state index in [0.29, 0.717) is 12.3 Å². The first-order valence-corrected chi connectivity index (χ1v) is 11.3. The fourth-order valence-electron chi connectivity index (χ4n) is 5.27. The molecule has 3 atom stereocenters. The fraction of sp³-hybridized carbons (Fsp3) is 0.542. The molecular formula is C24H30N4O3. The molecule has 1 saturated heterocycles. The molecule has 1 fully saturated rings. The Morgan fingerprint density at radius 2 is 2.13 bits per heavy atom. The van der Waals surface area contributed by atoms with Crippen LogP contribution in [0.4, 0.5) is 0 Å². The van der Waals surface area contributed by atoms with Crippen LogP contribution in [0.15, 0.2) is 39.8 Å². The summed E-state index contributed by atoms with van der Waals surface area (Å²) >= 11 is 0. The first kappa shape index (κ1) is 20.2. The Morgan fingerprint density at radius 1 is 1.29 bits per heavy atom. The van der Waals surface area contributed by atoms with Crippen LogP contribution in [0.2, 0.25) is 0 Å². The van der Waals surface area contributed by atoms with Gasteiger partial charge in [-0.2, -0.15) is 0 Å². The molecule has 2 aliphatic heterocycles. The number of rotatable bonds is 4. The van der Waals surface area contributed by atoms with Crippen molar-refractivity contribution in [3.63, 3.8) is 0 Å². The van der Waals surface area contributed by atoms with Gasteiger partial charge in [0, 0.05) is 24.6 Å². The molecule has 2 aromatic rings. The van der Waals surface area contributed by atoms with Crippen LogP contribution in [0.25, 0.3) is 0 Å². The van der Waals surface area contributed by atoms with Gasteiger partial charge < -0.3 is 9.42 Å². The van der Waals surface area contributed by atoms with Crippen molar-refractivity contribution in [2.45, 2.75) is 70.6 Å². The molecule has 1 aliphatic carbocycles. The lowest BCUT2D eigenvalue weighted by Crippen LogP contribution is -2.46. The number of carbonyl (C=O) groups excluding carboxylic acids is 1. The van der Waals surface area contributed by atoms with Crippen molar-refractivity contribution in [3.8, 4) is 0 Å². The van der Waals surface area contributed by atoms with Gasteiger partial charge >= 0.3 is 0 Å². The van der Waals surface area contributed by atoms with E-state index < -0.39 is 5.72 Å². The van der Waals surface area contributed by atoms with E-state index in [1.54, 1.807) is 0 Å². The summed E-state index contributed by atoms with van der Waals surface area (Å²) in [5.74, 6) is 1.22. The summed E-state index contributed by atoms with van der Waals surface area (Å²) in [5.41, 5.74) is 5.66. The first-order valence-electron chi connectivity index (χ1n) is 11.3. The minimum Gasteiger partial charge on any atom is -0.360 e. The maximum Gasteiger partial charge on any atom is 0.234 e. The third-order valence-electron chi connectivity index (χ3n) is 6.76. The zero-order valence-corrected chi connectivity index (χ0v) is 18.4. The van der Waals surface area contributed by atoms with Gasteiger partial charge in [0.15, 0.2) is 0 Å². The summed E-state index contributed by atoms with van der Waals surface area (Å²) in [6.07, 6.45) is 4.74. The summed E-state index contributed by atoms with van der Waals surface area (Å²) in [6.45, 7) is 6.69. The summed E-state index contributed by atoms with van der Waals surface area (Å²) in [7, 11) is 0. The summed E-state index contributed by atoms with van der Waals surface area (Å²) < 4.78 is 5.49. The lowest BCUT2D eigenvalue weighted by Gasteiger charge is -2.30. The molecule has 1 aromatic heterocycles. The molecule has 5 rings (SSSR count). The number of hydrogen-bond acceptors (Lipinski definition) is 6. The van der Waals surface area contributed by atoms with Gasteiger partial charge in [-0.05, 0) is 44.1 Å². The number of likely N-dealkylation sites (tertiary alicyclic amines) is 1. The smallest absolute Gasteiger partial charge is 0.234 e. The number of aromatic nitrogens is 1. The third-order valence-corrected chi connectivity index (χ3v) is 6.76. The molecule has 1 spiro atoms. The van der Waals surface area contributed by atoms with Crippen LogP contribution >= 0.6 is 0 Å². The van der Waals surface area contributed by atoms with Crippen molar-refractivity contribution in [1.29, 1.82) is 0 Å². The van der Waals surface area contributed by atoms with E-state index in [2.05, 4.69) is 28.8 Å². The summed E-state index contributed by atoms with van der Waals surface area (Å²) in [4.78, 5) is 26.8. The molecule has 164 valence electrons. The number of aliphatic imine (C=N–C) groups is 1. The van der Waals surface area contributed by atoms with Gasteiger partial charge in [0.05, 0.1) is 11.7 Å². The lowest BCUT2D eigenvalue weighted by atomic mass is 9.85. The van der Waals surface area contributed by atoms with E-state index in [1.165, 1.54) is 5.56 Å². The van der Waals surface area contributed by atoms with Crippen molar-refractivity contribution in [1.82, 2.24) is 15.5 Å². The van der Waals surface area contributed by atoms with E-state index in [-0.39, 0.29) is 23.8 Å². The van der Waals surface area contributed by atoms with Crippen molar-refractivity contribution in [2.24, 2.45) is 10.9 Å². The lowest BCUT2D eigenvalue weighted by molar-refractivity contribution is -0.134. The van der Waals surface area contributed by atoms with Gasteiger partial charge in [0.2, 0.25) is 11.6 Å². The van der Waals surface area contributed by atoms with Gasteiger partial charge in [-0.1, -0.05) is 43.3 Å². The van der Waals surface area contributed by atoms with Crippen molar-refractivity contribution in [3.05, 3.63) is 52.9 Å². The zero-order chi connectivity index (χ0) is 21.6. The topological polar surface area (TPSA) is 80.0 Å². The molecular weight excluding hydrogens is 392 g/mol. The van der Waals surface area contributed by atoms with E-state index >= 15 is 0 Å². The molecule has 31 heavy (non-hydrogen) atoms. The molecule has 3 heterocycles. The molecule has 3 unspecified atom stereocenters. The minimum atomic E-state index is -0.680. The highest BCUT2D eigenvalue weighted by molar-refractivity contribution is 5.94. The van der Waals surface area contributed by atoms with Gasteiger partial charge in [-0.25, -0.2) is 15.3 Å². The molecule has 0 bridgehead atoms.